The van der Waals surface area contributed by atoms with E-state index in [2.05, 4.69) is 237 Å². The SMILES string of the molecule is N#Cc1c(C#N)c(-n2c3ccccc3c3ccc4c5ccccc5sc4c32)c(-n2c3ccccc3c3ccccc32)c(-n2c3ccccc3c3ccccc32)c1-n1c2ccccc2c2ccccc21. The minimum absolute atomic E-state index is 0.287. The highest BCUT2D eigenvalue weighted by Gasteiger charge is 2.35. The number of nitrogens with zero attached hydrogens (tertiary/aromatic N) is 6. The van der Waals surface area contributed by atoms with Crippen LogP contribution in [0.4, 0.5) is 0 Å². The zero-order chi connectivity index (χ0) is 45.5. The lowest BCUT2D eigenvalue weighted by atomic mass is 9.98. The molecule has 5 aromatic heterocycles. The van der Waals surface area contributed by atoms with Gasteiger partial charge >= 0.3 is 0 Å². The molecule has 7 heteroatoms. The van der Waals surface area contributed by atoms with Crippen LogP contribution in [0.3, 0.4) is 0 Å². The molecule has 0 saturated carbocycles. The molecule has 0 amide bonds. The molecule has 15 aromatic rings. The lowest BCUT2D eigenvalue weighted by Gasteiger charge is -2.27. The molecule has 0 unspecified atom stereocenters. The Morgan fingerprint density at radius 2 is 0.565 bits per heavy atom. The van der Waals surface area contributed by atoms with Crippen LogP contribution in [0.2, 0.25) is 0 Å². The van der Waals surface area contributed by atoms with Gasteiger partial charge in [-0.15, -0.1) is 11.3 Å². The largest absolute Gasteiger partial charge is 0.306 e. The molecule has 318 valence electrons. The van der Waals surface area contributed by atoms with Crippen LogP contribution in [0, 0.1) is 22.7 Å². The molecule has 0 bridgehead atoms. The molecular weight excluding hydrogens is 861 g/mol. The third kappa shape index (κ3) is 4.91. The monoisotopic (exact) mass is 894 g/mol. The first kappa shape index (κ1) is 37.8. The van der Waals surface area contributed by atoms with Crippen molar-refractivity contribution in [2.45, 2.75) is 0 Å². The fraction of sp³-hybridized carbons (Fsp3) is 0. The van der Waals surface area contributed by atoms with Crippen LogP contribution in [0.25, 0.3) is 130 Å². The van der Waals surface area contributed by atoms with Crippen LogP contribution in [-0.2, 0) is 0 Å². The van der Waals surface area contributed by atoms with E-state index in [1.54, 1.807) is 11.3 Å². The topological polar surface area (TPSA) is 67.3 Å². The molecule has 15 rings (SSSR count). The van der Waals surface area contributed by atoms with Gasteiger partial charge in [0.1, 0.15) is 12.1 Å². The van der Waals surface area contributed by atoms with Crippen LogP contribution in [-0.4, -0.2) is 18.3 Å². The van der Waals surface area contributed by atoms with Crippen LogP contribution in [0.15, 0.2) is 206 Å². The zero-order valence-electron chi connectivity index (χ0n) is 36.7. The normalized spacial score (nSPS) is 12.0. The summed E-state index contributed by atoms with van der Waals surface area (Å²) in [6, 6.07) is 78.3. The van der Waals surface area contributed by atoms with E-state index < -0.39 is 0 Å². The highest BCUT2D eigenvalue weighted by atomic mass is 32.1. The first-order valence-electron chi connectivity index (χ1n) is 23.1. The number of para-hydroxylation sites is 7. The summed E-state index contributed by atoms with van der Waals surface area (Å²) < 4.78 is 11.6. The molecule has 69 heavy (non-hydrogen) atoms. The first-order chi connectivity index (χ1) is 34.2. The van der Waals surface area contributed by atoms with Gasteiger partial charge in [-0.05, 0) is 48.5 Å². The molecule has 6 nitrogen and oxygen atoms in total. The summed E-state index contributed by atoms with van der Waals surface area (Å²) in [6.07, 6.45) is 0. The molecule has 0 fully saturated rings. The van der Waals surface area contributed by atoms with Gasteiger partial charge in [-0.2, -0.15) is 10.5 Å². The van der Waals surface area contributed by atoms with Crippen molar-refractivity contribution in [2.24, 2.45) is 0 Å². The number of nitriles is 2. The Morgan fingerprint density at radius 3 is 0.957 bits per heavy atom. The van der Waals surface area contributed by atoms with Gasteiger partial charge in [0.2, 0.25) is 0 Å². The number of rotatable bonds is 4. The molecule has 5 heterocycles. The van der Waals surface area contributed by atoms with Crippen molar-refractivity contribution < 1.29 is 0 Å². The average molecular weight is 895 g/mol. The molecule has 0 radical (unpaired) electrons. The smallest absolute Gasteiger partial charge is 0.103 e. The van der Waals surface area contributed by atoms with Crippen LogP contribution < -0.4 is 0 Å². The molecule has 0 saturated heterocycles. The van der Waals surface area contributed by atoms with Crippen molar-refractivity contribution in [3.63, 3.8) is 0 Å². The summed E-state index contributed by atoms with van der Waals surface area (Å²) in [5, 5.41) is 35.3. The van der Waals surface area contributed by atoms with Gasteiger partial charge in [-0.1, -0.05) is 158 Å². The summed E-state index contributed by atoms with van der Waals surface area (Å²) in [5.41, 5.74) is 11.2. The summed E-state index contributed by atoms with van der Waals surface area (Å²) in [6.45, 7) is 0. The van der Waals surface area contributed by atoms with Gasteiger partial charge in [0.05, 0.1) is 82.7 Å². The predicted octanol–water partition coefficient (Wildman–Crippen LogP) is 16.2. The van der Waals surface area contributed by atoms with E-state index >= 15 is 0 Å². The fourth-order valence-electron chi connectivity index (χ4n) is 11.7. The Morgan fingerprint density at radius 1 is 0.275 bits per heavy atom. The van der Waals surface area contributed by atoms with Gasteiger partial charge in [-0.25, -0.2) is 0 Å². The van der Waals surface area contributed by atoms with Crippen LogP contribution in [0.5, 0.6) is 0 Å². The van der Waals surface area contributed by atoms with Crippen LogP contribution >= 0.6 is 11.3 Å². The van der Waals surface area contributed by atoms with E-state index in [1.165, 1.54) is 10.1 Å². The molecule has 10 aromatic carbocycles. The molecule has 0 aliphatic carbocycles. The molecule has 0 aliphatic heterocycles. The van der Waals surface area contributed by atoms with Crippen molar-refractivity contribution >= 4 is 119 Å². The number of hydrogen-bond donors (Lipinski definition) is 0. The van der Waals surface area contributed by atoms with Crippen molar-refractivity contribution in [1.82, 2.24) is 18.3 Å². The second kappa shape index (κ2) is 14.1. The molecule has 0 N–H and O–H groups in total. The summed E-state index contributed by atoms with van der Waals surface area (Å²) >= 11 is 1.77. The number of benzene rings is 10. The number of thiophene rings is 1. The number of aromatic nitrogens is 4. The first-order valence-corrected chi connectivity index (χ1v) is 23.9. The maximum Gasteiger partial charge on any atom is 0.103 e. The lowest BCUT2D eigenvalue weighted by molar-refractivity contribution is 1.01. The highest BCUT2D eigenvalue weighted by molar-refractivity contribution is 7.26. The maximum absolute atomic E-state index is 12.2. The van der Waals surface area contributed by atoms with Gasteiger partial charge in [0, 0.05) is 58.6 Å². The van der Waals surface area contributed by atoms with Crippen LogP contribution in [0.1, 0.15) is 11.1 Å². The minimum atomic E-state index is 0.287. The standard InChI is InChI=1S/C62H34N6S/c63-35-47-48(36-64)58(68-55-31-15-7-23-43(55)45-33-34-46-44-24-8-16-32-56(44)69-62(46)59(45)68)61(67-53-29-13-5-21-41(53)42-22-6-14-30-54(42)67)60(66-51-27-11-3-19-39(51)40-20-4-12-28-52(40)66)57(47)65-49-25-9-1-17-37(49)38-18-2-10-26-50(38)65/h1-34H. The van der Waals surface area contributed by atoms with E-state index in [1.807, 2.05) is 0 Å². The maximum atomic E-state index is 12.2. The van der Waals surface area contributed by atoms with Crippen molar-refractivity contribution in [3.05, 3.63) is 217 Å². The Kier molecular flexibility index (Phi) is 7.70. The predicted molar refractivity (Wildman–Crippen MR) is 286 cm³/mol. The Balaban J connectivity index is 1.31. The molecule has 0 spiro atoms. The van der Waals surface area contributed by atoms with Gasteiger partial charge in [0.15, 0.2) is 0 Å². The molecule has 0 atom stereocenters. The fourth-order valence-corrected chi connectivity index (χ4v) is 13.0. The second-order valence-electron chi connectivity index (χ2n) is 17.8. The Hall–Kier alpha value is -9.40. The van der Waals surface area contributed by atoms with E-state index in [0.29, 0.717) is 11.4 Å². The van der Waals surface area contributed by atoms with Crippen molar-refractivity contribution in [1.29, 1.82) is 10.5 Å². The second-order valence-corrected chi connectivity index (χ2v) is 18.8. The quantitative estimate of drug-likeness (QED) is 0.177. The van der Waals surface area contributed by atoms with E-state index in [-0.39, 0.29) is 11.1 Å². The van der Waals surface area contributed by atoms with Gasteiger partial charge < -0.3 is 18.3 Å². The molecule has 0 aliphatic rings. The molecular formula is C62H34N6S. The van der Waals surface area contributed by atoms with Gasteiger partial charge in [0.25, 0.3) is 0 Å². The Bertz CT molecular complexity index is 4660. The van der Waals surface area contributed by atoms with E-state index in [9.17, 15) is 10.5 Å². The Labute approximate surface area is 397 Å². The summed E-state index contributed by atoms with van der Waals surface area (Å²) in [5.74, 6) is 0. The minimum Gasteiger partial charge on any atom is -0.306 e. The summed E-state index contributed by atoms with van der Waals surface area (Å²) in [7, 11) is 0. The third-order valence-electron chi connectivity index (χ3n) is 14.4. The van der Waals surface area contributed by atoms with Crippen molar-refractivity contribution in [2.75, 3.05) is 0 Å². The van der Waals surface area contributed by atoms with E-state index in [4.69, 9.17) is 0 Å². The average Bonchev–Trinajstić information content (AvgIpc) is 4.21. The van der Waals surface area contributed by atoms with Gasteiger partial charge in [-0.3, -0.25) is 0 Å². The van der Waals surface area contributed by atoms with Crippen molar-refractivity contribution in [3.8, 4) is 34.9 Å². The lowest BCUT2D eigenvalue weighted by Crippen LogP contribution is -2.17. The summed E-state index contributed by atoms with van der Waals surface area (Å²) in [4.78, 5) is 0. The number of fused-ring (bicyclic) bond motifs is 16. The zero-order valence-corrected chi connectivity index (χ0v) is 37.5. The van der Waals surface area contributed by atoms with E-state index in [0.717, 1.165) is 109 Å². The third-order valence-corrected chi connectivity index (χ3v) is 15.6. The highest BCUT2D eigenvalue weighted by Crippen LogP contribution is 2.51. The number of hydrogen-bond acceptors (Lipinski definition) is 3.